The Morgan fingerprint density at radius 2 is 1.95 bits per heavy atom. The molecule has 0 saturated heterocycles. The molecule has 2 rings (SSSR count). The van der Waals surface area contributed by atoms with Crippen LogP contribution in [0.3, 0.4) is 0 Å². The zero-order valence-electron chi connectivity index (χ0n) is 10.4. The molecule has 1 atom stereocenters. The molecule has 102 valence electrons. The molecule has 0 aliphatic heterocycles. The summed E-state index contributed by atoms with van der Waals surface area (Å²) in [6.45, 7) is -0.0166. The lowest BCUT2D eigenvalue weighted by Gasteiger charge is -2.13. The first-order valence-electron chi connectivity index (χ1n) is 5.86. The summed E-state index contributed by atoms with van der Waals surface area (Å²) < 4.78 is 18.2. The van der Waals surface area contributed by atoms with Gasteiger partial charge in [0.05, 0.1) is 16.7 Å². The molecule has 2 aromatic rings. The molecule has 0 fully saturated rings. The van der Waals surface area contributed by atoms with Crippen molar-refractivity contribution >= 4 is 11.6 Å². The van der Waals surface area contributed by atoms with E-state index in [-0.39, 0.29) is 11.6 Å². The van der Waals surface area contributed by atoms with Crippen LogP contribution in [-0.4, -0.2) is 11.7 Å². The van der Waals surface area contributed by atoms with E-state index >= 15 is 0 Å². The molecule has 1 unspecified atom stereocenters. The summed E-state index contributed by atoms with van der Waals surface area (Å²) in [7, 11) is 0. The van der Waals surface area contributed by atoms with Gasteiger partial charge in [0, 0.05) is 0 Å². The molecule has 0 saturated carbocycles. The van der Waals surface area contributed by atoms with Crippen molar-refractivity contribution in [1.82, 2.24) is 0 Å². The summed E-state index contributed by atoms with van der Waals surface area (Å²) in [6.07, 6.45) is -0.858. The molecule has 0 spiro atoms. The maximum atomic E-state index is 12.9. The van der Waals surface area contributed by atoms with Crippen molar-refractivity contribution in [1.29, 1.82) is 5.26 Å². The Bertz CT molecular complexity index is 637. The summed E-state index contributed by atoms with van der Waals surface area (Å²) in [5, 5.41) is 18.8. The van der Waals surface area contributed by atoms with Gasteiger partial charge in [0.1, 0.15) is 24.3 Å². The Morgan fingerprint density at radius 3 is 2.55 bits per heavy atom. The Hall–Kier alpha value is -2.09. The lowest BCUT2D eigenvalue weighted by molar-refractivity contribution is 0.108. The standard InChI is InChI=1S/C15H11ClFNO2/c16-13-7-12(17)5-6-15(13)20-9-14(19)11-3-1-10(8-18)2-4-11/h1-7,14,19H,9H2. The van der Waals surface area contributed by atoms with Crippen molar-refractivity contribution in [2.45, 2.75) is 6.10 Å². The highest BCUT2D eigenvalue weighted by Gasteiger charge is 2.10. The summed E-state index contributed by atoms with van der Waals surface area (Å²) in [5.74, 6) is -0.143. The normalized spacial score (nSPS) is 11.7. The molecule has 0 heterocycles. The van der Waals surface area contributed by atoms with Gasteiger partial charge in [-0.05, 0) is 35.9 Å². The molecule has 0 bridgehead atoms. The number of halogens is 2. The third kappa shape index (κ3) is 3.47. The maximum Gasteiger partial charge on any atom is 0.138 e. The van der Waals surface area contributed by atoms with E-state index < -0.39 is 11.9 Å². The average Bonchev–Trinajstić information content (AvgIpc) is 2.46. The van der Waals surface area contributed by atoms with Crippen LogP contribution < -0.4 is 4.74 Å². The monoisotopic (exact) mass is 291 g/mol. The Labute approximate surface area is 120 Å². The average molecular weight is 292 g/mol. The van der Waals surface area contributed by atoms with Crippen molar-refractivity contribution in [2.24, 2.45) is 0 Å². The van der Waals surface area contributed by atoms with Crippen LogP contribution >= 0.6 is 11.6 Å². The van der Waals surface area contributed by atoms with E-state index in [9.17, 15) is 9.50 Å². The first-order valence-corrected chi connectivity index (χ1v) is 6.24. The van der Waals surface area contributed by atoms with E-state index in [1.165, 1.54) is 12.1 Å². The second-order valence-corrected chi connectivity index (χ2v) is 4.54. The van der Waals surface area contributed by atoms with Gasteiger partial charge in [-0.15, -0.1) is 0 Å². The fourth-order valence-corrected chi connectivity index (χ4v) is 1.86. The Balaban J connectivity index is 2.00. The van der Waals surface area contributed by atoms with E-state index in [1.54, 1.807) is 24.3 Å². The summed E-state index contributed by atoms with van der Waals surface area (Å²) in [4.78, 5) is 0. The summed E-state index contributed by atoms with van der Waals surface area (Å²) in [6, 6.07) is 12.3. The molecule has 0 amide bonds. The van der Waals surface area contributed by atoms with Gasteiger partial charge < -0.3 is 9.84 Å². The molecule has 0 aliphatic rings. The molecular formula is C15H11ClFNO2. The number of ether oxygens (including phenoxy) is 1. The fraction of sp³-hybridized carbons (Fsp3) is 0.133. The van der Waals surface area contributed by atoms with Crippen LogP contribution in [0, 0.1) is 17.1 Å². The number of nitriles is 1. The predicted octanol–water partition coefficient (Wildman–Crippen LogP) is 3.46. The molecule has 1 N–H and O–H groups in total. The number of rotatable bonds is 4. The van der Waals surface area contributed by atoms with Crippen molar-refractivity contribution in [2.75, 3.05) is 6.61 Å². The van der Waals surface area contributed by atoms with E-state index in [0.29, 0.717) is 16.9 Å². The smallest absolute Gasteiger partial charge is 0.138 e. The van der Waals surface area contributed by atoms with Crippen LogP contribution in [0.25, 0.3) is 0 Å². The highest BCUT2D eigenvalue weighted by molar-refractivity contribution is 6.32. The fourth-order valence-electron chi connectivity index (χ4n) is 1.64. The SMILES string of the molecule is N#Cc1ccc(C(O)COc2ccc(F)cc2Cl)cc1. The van der Waals surface area contributed by atoms with Gasteiger partial charge in [0.25, 0.3) is 0 Å². The highest BCUT2D eigenvalue weighted by Crippen LogP contribution is 2.26. The second-order valence-electron chi connectivity index (χ2n) is 4.14. The third-order valence-corrected chi connectivity index (χ3v) is 3.01. The van der Waals surface area contributed by atoms with E-state index in [2.05, 4.69) is 0 Å². The zero-order valence-corrected chi connectivity index (χ0v) is 11.1. The number of aliphatic hydroxyl groups excluding tert-OH is 1. The molecule has 0 aliphatic carbocycles. The minimum atomic E-state index is -0.858. The molecule has 3 nitrogen and oxygen atoms in total. The second kappa shape index (κ2) is 6.38. The number of aliphatic hydroxyl groups is 1. The molecule has 20 heavy (non-hydrogen) atoms. The van der Waals surface area contributed by atoms with Gasteiger partial charge in [-0.25, -0.2) is 4.39 Å². The first-order chi connectivity index (χ1) is 9.60. The maximum absolute atomic E-state index is 12.9. The van der Waals surface area contributed by atoms with Crippen molar-refractivity contribution in [3.63, 3.8) is 0 Å². The van der Waals surface area contributed by atoms with Crippen molar-refractivity contribution in [3.05, 3.63) is 64.4 Å². The van der Waals surface area contributed by atoms with Gasteiger partial charge in [-0.3, -0.25) is 0 Å². The Morgan fingerprint density at radius 1 is 1.25 bits per heavy atom. The third-order valence-electron chi connectivity index (χ3n) is 2.72. The Kier molecular flexibility index (Phi) is 4.57. The van der Waals surface area contributed by atoms with Gasteiger partial charge in [-0.2, -0.15) is 5.26 Å². The number of nitrogens with zero attached hydrogens (tertiary/aromatic N) is 1. The van der Waals surface area contributed by atoms with Gasteiger partial charge in [-0.1, -0.05) is 23.7 Å². The van der Waals surface area contributed by atoms with Crippen LogP contribution in [0.5, 0.6) is 5.75 Å². The van der Waals surface area contributed by atoms with E-state index in [0.717, 1.165) is 6.07 Å². The lowest BCUT2D eigenvalue weighted by atomic mass is 10.1. The van der Waals surface area contributed by atoms with Crippen LogP contribution in [0.4, 0.5) is 4.39 Å². The van der Waals surface area contributed by atoms with E-state index in [1.807, 2.05) is 6.07 Å². The zero-order chi connectivity index (χ0) is 14.5. The van der Waals surface area contributed by atoms with Gasteiger partial charge in [0.2, 0.25) is 0 Å². The summed E-state index contributed by atoms with van der Waals surface area (Å²) in [5.41, 5.74) is 1.14. The topological polar surface area (TPSA) is 53.2 Å². The van der Waals surface area contributed by atoms with Crippen LogP contribution in [0.15, 0.2) is 42.5 Å². The molecule has 0 radical (unpaired) electrons. The molecule has 5 heteroatoms. The largest absolute Gasteiger partial charge is 0.489 e. The van der Waals surface area contributed by atoms with Crippen LogP contribution in [0.2, 0.25) is 5.02 Å². The molecular weight excluding hydrogens is 281 g/mol. The first kappa shape index (κ1) is 14.3. The van der Waals surface area contributed by atoms with E-state index in [4.69, 9.17) is 21.6 Å². The minimum Gasteiger partial charge on any atom is -0.489 e. The number of hydrogen-bond acceptors (Lipinski definition) is 3. The van der Waals surface area contributed by atoms with Crippen molar-refractivity contribution < 1.29 is 14.2 Å². The van der Waals surface area contributed by atoms with Crippen molar-refractivity contribution in [3.8, 4) is 11.8 Å². The lowest BCUT2D eigenvalue weighted by Crippen LogP contribution is -2.09. The van der Waals surface area contributed by atoms with Gasteiger partial charge >= 0.3 is 0 Å². The van der Waals surface area contributed by atoms with Crippen LogP contribution in [-0.2, 0) is 0 Å². The predicted molar refractivity (Wildman–Crippen MR) is 73.0 cm³/mol. The minimum absolute atomic E-state index is 0.0166. The number of hydrogen-bond donors (Lipinski definition) is 1. The highest BCUT2D eigenvalue weighted by atomic mass is 35.5. The molecule has 0 aromatic heterocycles. The summed E-state index contributed by atoms with van der Waals surface area (Å²) >= 11 is 5.82. The quantitative estimate of drug-likeness (QED) is 0.938. The van der Waals surface area contributed by atoms with Crippen LogP contribution in [0.1, 0.15) is 17.2 Å². The number of benzene rings is 2. The van der Waals surface area contributed by atoms with Gasteiger partial charge in [0.15, 0.2) is 0 Å². The molecule has 2 aromatic carbocycles.